The fourth-order valence-corrected chi connectivity index (χ4v) is 2.41. The van der Waals surface area contributed by atoms with E-state index in [-0.39, 0.29) is 12.6 Å². The second-order valence-corrected chi connectivity index (χ2v) is 5.15. The highest BCUT2D eigenvalue weighted by molar-refractivity contribution is 5.74. The zero-order valence-corrected chi connectivity index (χ0v) is 12.0. The van der Waals surface area contributed by atoms with Crippen molar-refractivity contribution in [2.45, 2.75) is 13.0 Å². The number of carbonyl (C=O) groups is 2. The zero-order valence-electron chi connectivity index (χ0n) is 12.0. The highest BCUT2D eigenvalue weighted by Crippen LogP contribution is 2.04. The van der Waals surface area contributed by atoms with E-state index in [0.29, 0.717) is 26.2 Å². The minimum absolute atomic E-state index is 0.0411. The fourth-order valence-electron chi connectivity index (χ4n) is 2.41. The van der Waals surface area contributed by atoms with Gasteiger partial charge < -0.3 is 15.3 Å². The van der Waals surface area contributed by atoms with Crippen LogP contribution in [-0.4, -0.2) is 59.6 Å². The molecule has 1 aromatic carbocycles. The van der Waals surface area contributed by atoms with Crippen molar-refractivity contribution in [3.8, 4) is 0 Å². The smallest absolute Gasteiger partial charge is 0.317 e. The van der Waals surface area contributed by atoms with Crippen LogP contribution in [0.5, 0.6) is 0 Å². The number of amides is 2. The van der Waals surface area contributed by atoms with Gasteiger partial charge in [-0.1, -0.05) is 30.3 Å². The molecule has 0 aliphatic carbocycles. The molecule has 0 saturated carbocycles. The summed E-state index contributed by atoms with van der Waals surface area (Å²) in [5.74, 6) is -0.822. The lowest BCUT2D eigenvalue weighted by Crippen LogP contribution is -2.42. The average molecular weight is 291 g/mol. The summed E-state index contributed by atoms with van der Waals surface area (Å²) in [5.41, 5.74) is 1.06. The molecule has 2 N–H and O–H groups in total. The third-order valence-electron chi connectivity index (χ3n) is 3.52. The van der Waals surface area contributed by atoms with E-state index in [1.54, 1.807) is 4.90 Å². The summed E-state index contributed by atoms with van der Waals surface area (Å²) >= 11 is 0. The van der Waals surface area contributed by atoms with E-state index in [1.807, 2.05) is 35.2 Å². The second kappa shape index (κ2) is 7.64. The average Bonchev–Trinajstić information content (AvgIpc) is 2.71. The molecular formula is C15H21N3O3. The number of aliphatic carboxylic acids is 1. The van der Waals surface area contributed by atoms with Crippen molar-refractivity contribution in [2.75, 3.05) is 32.7 Å². The summed E-state index contributed by atoms with van der Waals surface area (Å²) in [4.78, 5) is 26.5. The number of hydrogen-bond donors (Lipinski definition) is 2. The fraction of sp³-hybridized carbons (Fsp3) is 0.467. The van der Waals surface area contributed by atoms with Gasteiger partial charge in [0.1, 0.15) is 0 Å². The normalized spacial score (nSPS) is 16.3. The molecule has 1 saturated heterocycles. The maximum atomic E-state index is 12.1. The highest BCUT2D eigenvalue weighted by atomic mass is 16.4. The van der Waals surface area contributed by atoms with Crippen LogP contribution < -0.4 is 5.32 Å². The summed E-state index contributed by atoms with van der Waals surface area (Å²) in [6, 6.07) is 9.68. The Bertz CT molecular complexity index is 478. The van der Waals surface area contributed by atoms with Crippen molar-refractivity contribution < 1.29 is 14.7 Å². The van der Waals surface area contributed by atoms with Crippen LogP contribution in [0.15, 0.2) is 30.3 Å². The minimum atomic E-state index is -0.822. The Labute approximate surface area is 124 Å². The minimum Gasteiger partial charge on any atom is -0.480 e. The largest absolute Gasteiger partial charge is 0.480 e. The molecule has 0 bridgehead atoms. The van der Waals surface area contributed by atoms with E-state index in [1.165, 1.54) is 0 Å². The van der Waals surface area contributed by atoms with Gasteiger partial charge in [0.25, 0.3) is 0 Å². The molecule has 0 aromatic heterocycles. The van der Waals surface area contributed by atoms with Crippen LogP contribution in [-0.2, 0) is 11.3 Å². The number of benzene rings is 1. The molecule has 0 unspecified atom stereocenters. The van der Waals surface area contributed by atoms with Crippen molar-refractivity contribution in [3.05, 3.63) is 35.9 Å². The number of carboxylic acids is 1. The Kier molecular flexibility index (Phi) is 5.57. The van der Waals surface area contributed by atoms with Crippen molar-refractivity contribution >= 4 is 12.0 Å². The van der Waals surface area contributed by atoms with Gasteiger partial charge in [-0.2, -0.15) is 0 Å². The topological polar surface area (TPSA) is 72.9 Å². The molecule has 0 spiro atoms. The molecule has 21 heavy (non-hydrogen) atoms. The first-order chi connectivity index (χ1) is 10.1. The number of rotatable bonds is 4. The third-order valence-corrected chi connectivity index (χ3v) is 3.52. The van der Waals surface area contributed by atoms with Crippen molar-refractivity contribution in [1.82, 2.24) is 15.1 Å². The first-order valence-corrected chi connectivity index (χ1v) is 7.16. The summed E-state index contributed by atoms with van der Waals surface area (Å²) < 4.78 is 0. The lowest BCUT2D eigenvalue weighted by molar-refractivity contribution is -0.138. The predicted molar refractivity (Wildman–Crippen MR) is 78.9 cm³/mol. The molecule has 6 heteroatoms. The molecule has 6 nitrogen and oxygen atoms in total. The standard InChI is InChI=1S/C15H21N3O3/c19-14(20)12-17-7-4-8-18(10-9-17)15(21)16-11-13-5-2-1-3-6-13/h1-3,5-6H,4,7-12H2,(H,16,21)(H,19,20). The number of nitrogens with one attached hydrogen (secondary N) is 1. The Hall–Kier alpha value is -2.08. The van der Waals surface area contributed by atoms with Gasteiger partial charge in [0, 0.05) is 32.7 Å². The maximum Gasteiger partial charge on any atom is 0.317 e. The van der Waals surface area contributed by atoms with E-state index < -0.39 is 5.97 Å². The summed E-state index contributed by atoms with van der Waals surface area (Å²) in [7, 11) is 0. The Morgan fingerprint density at radius 2 is 1.86 bits per heavy atom. The van der Waals surface area contributed by atoms with Gasteiger partial charge >= 0.3 is 12.0 Å². The van der Waals surface area contributed by atoms with Crippen LogP contribution >= 0.6 is 0 Å². The van der Waals surface area contributed by atoms with Gasteiger partial charge in [0.05, 0.1) is 6.54 Å². The molecular weight excluding hydrogens is 270 g/mol. The number of nitrogens with zero attached hydrogens (tertiary/aromatic N) is 2. The Morgan fingerprint density at radius 3 is 2.57 bits per heavy atom. The third kappa shape index (κ3) is 5.07. The molecule has 2 amide bonds. The first kappa shape index (κ1) is 15.3. The number of carboxylic acid groups (broad SMARTS) is 1. The maximum absolute atomic E-state index is 12.1. The highest BCUT2D eigenvalue weighted by Gasteiger charge is 2.19. The first-order valence-electron chi connectivity index (χ1n) is 7.16. The molecule has 0 radical (unpaired) electrons. The van der Waals surface area contributed by atoms with Crippen molar-refractivity contribution in [2.24, 2.45) is 0 Å². The second-order valence-electron chi connectivity index (χ2n) is 5.15. The van der Waals surface area contributed by atoms with E-state index in [4.69, 9.17) is 5.11 Å². The zero-order chi connectivity index (χ0) is 15.1. The van der Waals surface area contributed by atoms with Gasteiger partial charge in [0.2, 0.25) is 0 Å². The van der Waals surface area contributed by atoms with Crippen LogP contribution in [0.25, 0.3) is 0 Å². The van der Waals surface area contributed by atoms with Gasteiger partial charge in [-0.15, -0.1) is 0 Å². The van der Waals surface area contributed by atoms with Gasteiger partial charge in [0.15, 0.2) is 0 Å². The van der Waals surface area contributed by atoms with E-state index in [2.05, 4.69) is 5.32 Å². The molecule has 0 atom stereocenters. The lowest BCUT2D eigenvalue weighted by Gasteiger charge is -2.21. The molecule has 1 aliphatic rings. The molecule has 1 aromatic rings. The van der Waals surface area contributed by atoms with E-state index in [9.17, 15) is 9.59 Å². The van der Waals surface area contributed by atoms with Crippen molar-refractivity contribution in [3.63, 3.8) is 0 Å². The number of hydrogen-bond acceptors (Lipinski definition) is 3. The molecule has 114 valence electrons. The summed E-state index contributed by atoms with van der Waals surface area (Å²) in [5, 5.41) is 11.7. The quantitative estimate of drug-likeness (QED) is 0.867. The van der Waals surface area contributed by atoms with Crippen LogP contribution in [0.3, 0.4) is 0 Å². The molecule has 1 fully saturated rings. The summed E-state index contributed by atoms with van der Waals surface area (Å²) in [6.07, 6.45) is 0.798. The van der Waals surface area contributed by atoms with Crippen molar-refractivity contribution in [1.29, 1.82) is 0 Å². The van der Waals surface area contributed by atoms with E-state index >= 15 is 0 Å². The molecule has 2 rings (SSSR count). The Balaban J connectivity index is 1.79. The summed E-state index contributed by atoms with van der Waals surface area (Å²) in [6.45, 7) is 3.10. The van der Waals surface area contributed by atoms with Crippen LogP contribution in [0, 0.1) is 0 Å². The monoisotopic (exact) mass is 291 g/mol. The molecule has 1 aliphatic heterocycles. The molecule has 1 heterocycles. The van der Waals surface area contributed by atoms with Crippen LogP contribution in [0.1, 0.15) is 12.0 Å². The van der Waals surface area contributed by atoms with Gasteiger partial charge in [-0.25, -0.2) is 4.79 Å². The van der Waals surface area contributed by atoms with Crippen LogP contribution in [0.4, 0.5) is 4.79 Å². The van der Waals surface area contributed by atoms with Crippen LogP contribution in [0.2, 0.25) is 0 Å². The Morgan fingerprint density at radius 1 is 1.10 bits per heavy atom. The number of urea groups is 1. The number of carbonyl (C=O) groups excluding carboxylic acids is 1. The van der Waals surface area contributed by atoms with E-state index in [0.717, 1.165) is 18.5 Å². The lowest BCUT2D eigenvalue weighted by atomic mass is 10.2. The predicted octanol–water partition coefficient (Wildman–Crippen LogP) is 0.988. The van der Waals surface area contributed by atoms with Gasteiger partial charge in [-0.05, 0) is 12.0 Å². The SMILES string of the molecule is O=C(O)CN1CCCN(C(=O)NCc2ccccc2)CC1. The van der Waals surface area contributed by atoms with Gasteiger partial charge in [-0.3, -0.25) is 9.69 Å².